The Morgan fingerprint density at radius 3 is 2.54 bits per heavy atom. The third-order valence-corrected chi connectivity index (χ3v) is 3.98. The number of para-hydroxylation sites is 1. The molecule has 144 valence electrons. The molecule has 0 unspecified atom stereocenters. The number of hydrogen-bond donors (Lipinski definition) is 1. The second kappa shape index (κ2) is 8.12. The number of ether oxygens (including phenoxy) is 1. The molecule has 1 aromatic heterocycles. The van der Waals surface area contributed by atoms with Crippen molar-refractivity contribution in [2.45, 2.75) is 19.8 Å². The van der Waals surface area contributed by atoms with E-state index >= 15 is 0 Å². The van der Waals surface area contributed by atoms with Gasteiger partial charge in [0, 0.05) is 23.9 Å². The van der Waals surface area contributed by atoms with Crippen LogP contribution in [0.1, 0.15) is 21.5 Å². The number of aryl methyl sites for hydroxylation is 1. The second-order valence-corrected chi connectivity index (χ2v) is 6.14. The number of nitrogens with zero attached hydrogens (tertiary/aromatic N) is 1. The molecule has 0 aliphatic carbocycles. The number of halogens is 3. The highest BCUT2D eigenvalue weighted by molar-refractivity contribution is 5.94. The highest BCUT2D eigenvalue weighted by Gasteiger charge is 2.32. The number of aromatic nitrogens is 1. The maximum atomic E-state index is 12.5. The lowest BCUT2D eigenvalue weighted by atomic mass is 10.1. The van der Waals surface area contributed by atoms with E-state index in [-0.39, 0.29) is 17.9 Å². The van der Waals surface area contributed by atoms with Crippen LogP contribution in [0.4, 0.5) is 13.2 Å². The van der Waals surface area contributed by atoms with Gasteiger partial charge in [-0.05, 0) is 31.2 Å². The first-order valence-electron chi connectivity index (χ1n) is 8.47. The highest BCUT2D eigenvalue weighted by atomic mass is 19.4. The van der Waals surface area contributed by atoms with Crippen LogP contribution in [-0.4, -0.2) is 17.3 Å². The van der Waals surface area contributed by atoms with Gasteiger partial charge in [-0.15, -0.1) is 13.2 Å². The maximum absolute atomic E-state index is 12.5. The summed E-state index contributed by atoms with van der Waals surface area (Å²) < 4.78 is 41.4. The van der Waals surface area contributed by atoms with Gasteiger partial charge in [0.2, 0.25) is 0 Å². The molecule has 3 rings (SSSR count). The first-order valence-corrected chi connectivity index (χ1v) is 8.47. The highest BCUT2D eigenvalue weighted by Crippen LogP contribution is 2.26. The number of benzene rings is 2. The summed E-state index contributed by atoms with van der Waals surface area (Å²) in [5.74, 6) is -0.784. The van der Waals surface area contributed by atoms with Crippen LogP contribution in [0, 0.1) is 6.92 Å². The molecule has 1 amide bonds. The molecule has 0 atom stereocenters. The fourth-order valence-electron chi connectivity index (χ4n) is 2.66. The predicted octanol–water partition coefficient (Wildman–Crippen LogP) is 4.89. The van der Waals surface area contributed by atoms with E-state index in [1.807, 2.05) is 31.2 Å². The van der Waals surface area contributed by atoms with Crippen molar-refractivity contribution in [3.63, 3.8) is 0 Å². The minimum atomic E-state index is -4.80. The maximum Gasteiger partial charge on any atom is 0.573 e. The van der Waals surface area contributed by atoms with Crippen molar-refractivity contribution in [2.75, 3.05) is 0 Å². The minimum Gasteiger partial charge on any atom is -0.405 e. The number of alkyl halides is 3. The number of hydrogen-bond acceptors (Lipinski definition) is 3. The van der Waals surface area contributed by atoms with E-state index in [0.29, 0.717) is 5.56 Å². The molecule has 3 aromatic rings. The monoisotopic (exact) mass is 386 g/mol. The van der Waals surface area contributed by atoms with E-state index in [9.17, 15) is 18.0 Å². The Bertz CT molecular complexity index is 970. The van der Waals surface area contributed by atoms with Crippen LogP contribution in [0.15, 0.2) is 66.9 Å². The molecular weight excluding hydrogens is 369 g/mol. The number of carbonyl (C=O) groups excluding carboxylic acids is 1. The van der Waals surface area contributed by atoms with E-state index in [2.05, 4.69) is 15.0 Å². The zero-order valence-electron chi connectivity index (χ0n) is 15.0. The summed E-state index contributed by atoms with van der Waals surface area (Å²) in [6, 6.07) is 16.8. The molecule has 4 nitrogen and oxygen atoms in total. The van der Waals surface area contributed by atoms with Crippen molar-refractivity contribution in [1.82, 2.24) is 10.3 Å². The molecule has 0 fully saturated rings. The van der Waals surface area contributed by atoms with Crippen molar-refractivity contribution in [3.8, 4) is 17.0 Å². The van der Waals surface area contributed by atoms with E-state index in [4.69, 9.17) is 0 Å². The number of amides is 1. The standard InChI is InChI=1S/C21H17F3N2O2/c1-14-5-4-7-15(11-14)18-10-9-17(13-25-18)20(27)26-12-16-6-2-3-8-19(16)28-21(22,23)24/h2-11,13H,12H2,1H3,(H,26,27). The summed E-state index contributed by atoms with van der Waals surface area (Å²) in [4.78, 5) is 16.6. The van der Waals surface area contributed by atoms with Crippen LogP contribution in [0.25, 0.3) is 11.3 Å². The van der Waals surface area contributed by atoms with Gasteiger partial charge in [0.05, 0.1) is 11.3 Å². The number of rotatable bonds is 5. The van der Waals surface area contributed by atoms with Gasteiger partial charge < -0.3 is 10.1 Å². The van der Waals surface area contributed by atoms with Gasteiger partial charge in [0.25, 0.3) is 5.91 Å². The minimum absolute atomic E-state index is 0.106. The summed E-state index contributed by atoms with van der Waals surface area (Å²) >= 11 is 0. The summed E-state index contributed by atoms with van der Waals surface area (Å²) in [7, 11) is 0. The zero-order chi connectivity index (χ0) is 20.1. The Morgan fingerprint density at radius 2 is 1.86 bits per heavy atom. The topological polar surface area (TPSA) is 51.2 Å². The van der Waals surface area contributed by atoms with Crippen LogP contribution in [0.2, 0.25) is 0 Å². The average molecular weight is 386 g/mol. The fourth-order valence-corrected chi connectivity index (χ4v) is 2.66. The van der Waals surface area contributed by atoms with Crippen molar-refractivity contribution in [3.05, 3.63) is 83.6 Å². The molecule has 0 spiro atoms. The van der Waals surface area contributed by atoms with Crippen LogP contribution in [0.3, 0.4) is 0 Å². The molecular formula is C21H17F3N2O2. The predicted molar refractivity (Wildman–Crippen MR) is 98.7 cm³/mol. The lowest BCUT2D eigenvalue weighted by Gasteiger charge is -2.13. The van der Waals surface area contributed by atoms with Gasteiger partial charge >= 0.3 is 6.36 Å². The lowest BCUT2D eigenvalue weighted by Crippen LogP contribution is -2.24. The van der Waals surface area contributed by atoms with Gasteiger partial charge in [-0.1, -0.05) is 42.0 Å². The molecule has 0 aliphatic heterocycles. The van der Waals surface area contributed by atoms with E-state index in [1.165, 1.54) is 24.4 Å². The van der Waals surface area contributed by atoms with E-state index < -0.39 is 12.3 Å². The third kappa shape index (κ3) is 5.09. The number of nitrogens with one attached hydrogen (secondary N) is 1. The average Bonchev–Trinajstić information content (AvgIpc) is 2.66. The van der Waals surface area contributed by atoms with Crippen molar-refractivity contribution in [1.29, 1.82) is 0 Å². The largest absolute Gasteiger partial charge is 0.573 e. The molecule has 0 saturated carbocycles. The van der Waals surface area contributed by atoms with Gasteiger partial charge in [0.1, 0.15) is 5.75 Å². The molecule has 0 bridgehead atoms. The van der Waals surface area contributed by atoms with Crippen LogP contribution >= 0.6 is 0 Å². The Balaban J connectivity index is 1.68. The van der Waals surface area contributed by atoms with Crippen LogP contribution in [-0.2, 0) is 6.54 Å². The van der Waals surface area contributed by atoms with Crippen LogP contribution < -0.4 is 10.1 Å². The van der Waals surface area contributed by atoms with Gasteiger partial charge in [0.15, 0.2) is 0 Å². The molecule has 7 heteroatoms. The molecule has 1 N–H and O–H groups in total. The second-order valence-electron chi connectivity index (χ2n) is 6.14. The normalized spacial score (nSPS) is 11.1. The van der Waals surface area contributed by atoms with E-state index in [1.54, 1.807) is 18.2 Å². The Morgan fingerprint density at radius 1 is 1.07 bits per heavy atom. The summed E-state index contributed by atoms with van der Waals surface area (Å²) in [6.45, 7) is 1.87. The molecule has 28 heavy (non-hydrogen) atoms. The summed E-state index contributed by atoms with van der Waals surface area (Å²) in [5, 5.41) is 2.58. The Labute approximate surface area is 160 Å². The molecule has 2 aromatic carbocycles. The van der Waals surface area contributed by atoms with Crippen LogP contribution in [0.5, 0.6) is 5.75 Å². The molecule has 0 radical (unpaired) electrons. The fraction of sp³-hybridized carbons (Fsp3) is 0.143. The van der Waals surface area contributed by atoms with Crippen molar-refractivity contribution < 1.29 is 22.7 Å². The molecule has 1 heterocycles. The first kappa shape index (κ1) is 19.4. The lowest BCUT2D eigenvalue weighted by molar-refractivity contribution is -0.274. The first-order chi connectivity index (χ1) is 13.3. The quantitative estimate of drug-likeness (QED) is 0.680. The Hall–Kier alpha value is -3.35. The van der Waals surface area contributed by atoms with Crippen molar-refractivity contribution in [2.24, 2.45) is 0 Å². The van der Waals surface area contributed by atoms with Crippen molar-refractivity contribution >= 4 is 5.91 Å². The molecule has 0 saturated heterocycles. The molecule has 0 aliphatic rings. The number of carbonyl (C=O) groups is 1. The smallest absolute Gasteiger partial charge is 0.405 e. The Kier molecular flexibility index (Phi) is 5.63. The summed E-state index contributed by atoms with van der Waals surface area (Å²) in [6.07, 6.45) is -3.36. The SMILES string of the molecule is Cc1cccc(-c2ccc(C(=O)NCc3ccccc3OC(F)(F)F)cn2)c1. The van der Waals surface area contributed by atoms with E-state index in [0.717, 1.165) is 16.8 Å². The number of pyridine rings is 1. The zero-order valence-corrected chi connectivity index (χ0v) is 15.0. The van der Waals surface area contributed by atoms with Gasteiger partial charge in [-0.2, -0.15) is 0 Å². The van der Waals surface area contributed by atoms with Gasteiger partial charge in [-0.3, -0.25) is 9.78 Å². The summed E-state index contributed by atoms with van der Waals surface area (Å²) in [5.41, 5.74) is 3.29. The third-order valence-electron chi connectivity index (χ3n) is 3.98. The van der Waals surface area contributed by atoms with Gasteiger partial charge in [-0.25, -0.2) is 0 Å².